The second kappa shape index (κ2) is 6.18. The predicted molar refractivity (Wildman–Crippen MR) is 84.5 cm³/mol. The van der Waals surface area contributed by atoms with Crippen molar-refractivity contribution in [1.82, 2.24) is 5.32 Å². The molecule has 0 radical (unpaired) electrons. The number of rotatable bonds is 6. The maximum absolute atomic E-state index is 11.7. The van der Waals surface area contributed by atoms with Crippen molar-refractivity contribution >= 4 is 22.6 Å². The number of benzene rings is 2. The van der Waals surface area contributed by atoms with Gasteiger partial charge in [-0.25, -0.2) is 0 Å². The second-order valence-corrected chi connectivity index (χ2v) is 5.90. The van der Waals surface area contributed by atoms with Gasteiger partial charge in [0.25, 0.3) is 0 Å². The van der Waals surface area contributed by atoms with Crippen LogP contribution in [0.25, 0.3) is 10.8 Å². The fourth-order valence-corrected chi connectivity index (χ4v) is 2.70. The third-order valence-corrected chi connectivity index (χ3v) is 4.17. The number of hydrogen-bond acceptors (Lipinski definition) is 2. The van der Waals surface area contributed by atoms with Crippen LogP contribution in [0.2, 0.25) is 0 Å². The largest absolute Gasteiger partial charge is 0.481 e. The molecular weight excluding hydrogens is 278 g/mol. The molecule has 0 aromatic heterocycles. The molecule has 22 heavy (non-hydrogen) atoms. The highest BCUT2D eigenvalue weighted by atomic mass is 16.4. The molecule has 1 fully saturated rings. The fourth-order valence-electron chi connectivity index (χ4n) is 2.70. The Labute approximate surface area is 129 Å². The molecule has 0 saturated heterocycles. The Morgan fingerprint density at radius 2 is 1.86 bits per heavy atom. The van der Waals surface area contributed by atoms with Crippen LogP contribution in [0.4, 0.5) is 0 Å². The van der Waals surface area contributed by atoms with E-state index in [1.807, 2.05) is 42.5 Å². The van der Waals surface area contributed by atoms with E-state index in [2.05, 4.69) is 5.32 Å². The van der Waals surface area contributed by atoms with Crippen molar-refractivity contribution in [2.75, 3.05) is 6.54 Å². The molecule has 1 aliphatic carbocycles. The number of carboxylic acid groups (broad SMARTS) is 1. The zero-order chi connectivity index (χ0) is 15.5. The van der Waals surface area contributed by atoms with E-state index >= 15 is 0 Å². The lowest BCUT2D eigenvalue weighted by Gasteiger charge is -2.15. The number of fused-ring (bicyclic) bond motifs is 1. The highest BCUT2D eigenvalue weighted by Gasteiger charge is 2.30. The van der Waals surface area contributed by atoms with Gasteiger partial charge in [0.1, 0.15) is 0 Å². The molecule has 0 heterocycles. The standard InChI is InChI=1S/C18H19NO3/c20-17(13-8-9-13)19-11-15(18(21)22)10-14-6-3-5-12-4-1-2-7-16(12)14/h1-7,13,15H,8-11H2,(H,19,20)(H,21,22). The van der Waals surface area contributed by atoms with Gasteiger partial charge in [-0.15, -0.1) is 0 Å². The minimum atomic E-state index is -0.871. The third-order valence-electron chi connectivity index (χ3n) is 4.17. The lowest BCUT2D eigenvalue weighted by atomic mass is 9.95. The van der Waals surface area contributed by atoms with Gasteiger partial charge in [0.2, 0.25) is 5.91 Å². The van der Waals surface area contributed by atoms with Gasteiger partial charge in [-0.2, -0.15) is 0 Å². The SMILES string of the molecule is O=C(O)C(CNC(=O)C1CC1)Cc1cccc2ccccc12. The number of carboxylic acids is 1. The molecule has 2 N–H and O–H groups in total. The van der Waals surface area contributed by atoms with Crippen molar-refractivity contribution in [1.29, 1.82) is 0 Å². The summed E-state index contributed by atoms with van der Waals surface area (Å²) in [5.41, 5.74) is 1.01. The lowest BCUT2D eigenvalue weighted by Crippen LogP contribution is -2.34. The van der Waals surface area contributed by atoms with E-state index in [0.717, 1.165) is 29.2 Å². The normalized spacial score (nSPS) is 15.5. The number of amides is 1. The molecule has 0 aliphatic heterocycles. The summed E-state index contributed by atoms with van der Waals surface area (Å²) in [4.78, 5) is 23.2. The maximum Gasteiger partial charge on any atom is 0.308 e. The molecule has 114 valence electrons. The van der Waals surface area contributed by atoms with E-state index < -0.39 is 11.9 Å². The lowest BCUT2D eigenvalue weighted by molar-refractivity contribution is -0.141. The molecule has 4 nitrogen and oxygen atoms in total. The van der Waals surface area contributed by atoms with Crippen LogP contribution in [0.3, 0.4) is 0 Å². The maximum atomic E-state index is 11.7. The molecule has 1 aliphatic rings. The summed E-state index contributed by atoms with van der Waals surface area (Å²) in [6.07, 6.45) is 2.27. The zero-order valence-electron chi connectivity index (χ0n) is 12.3. The molecular formula is C18H19NO3. The summed E-state index contributed by atoms with van der Waals surface area (Å²) in [5, 5.41) is 14.4. The van der Waals surface area contributed by atoms with Crippen LogP contribution in [0, 0.1) is 11.8 Å². The molecule has 4 heteroatoms. The van der Waals surface area contributed by atoms with Crippen LogP contribution in [0.5, 0.6) is 0 Å². The summed E-state index contributed by atoms with van der Waals surface area (Å²) in [5.74, 6) is -1.38. The van der Waals surface area contributed by atoms with Crippen LogP contribution in [0.15, 0.2) is 42.5 Å². The average Bonchev–Trinajstić information content (AvgIpc) is 3.35. The van der Waals surface area contributed by atoms with Crippen LogP contribution in [-0.2, 0) is 16.0 Å². The van der Waals surface area contributed by atoms with Gasteiger partial charge in [0.05, 0.1) is 5.92 Å². The van der Waals surface area contributed by atoms with Crippen molar-refractivity contribution in [2.45, 2.75) is 19.3 Å². The summed E-state index contributed by atoms with van der Waals surface area (Å²) in [6, 6.07) is 13.9. The average molecular weight is 297 g/mol. The molecule has 0 bridgehead atoms. The van der Waals surface area contributed by atoms with Gasteiger partial charge >= 0.3 is 5.97 Å². The molecule has 1 amide bonds. The van der Waals surface area contributed by atoms with E-state index in [4.69, 9.17) is 0 Å². The summed E-state index contributed by atoms with van der Waals surface area (Å²) in [6.45, 7) is 0.188. The first kappa shape index (κ1) is 14.6. The molecule has 3 rings (SSSR count). The van der Waals surface area contributed by atoms with Crippen LogP contribution in [0.1, 0.15) is 18.4 Å². The van der Waals surface area contributed by atoms with Gasteiger partial charge < -0.3 is 10.4 Å². The van der Waals surface area contributed by atoms with Crippen molar-refractivity contribution < 1.29 is 14.7 Å². The molecule has 2 aromatic rings. The van der Waals surface area contributed by atoms with E-state index in [1.54, 1.807) is 0 Å². The Bertz CT molecular complexity index is 701. The number of carbonyl (C=O) groups excluding carboxylic acids is 1. The molecule has 2 aromatic carbocycles. The topological polar surface area (TPSA) is 66.4 Å². The summed E-state index contributed by atoms with van der Waals surface area (Å²) >= 11 is 0. The zero-order valence-corrected chi connectivity index (χ0v) is 12.3. The molecule has 1 unspecified atom stereocenters. The van der Waals surface area contributed by atoms with E-state index in [0.29, 0.717) is 6.42 Å². The Morgan fingerprint density at radius 3 is 2.59 bits per heavy atom. The quantitative estimate of drug-likeness (QED) is 0.861. The van der Waals surface area contributed by atoms with Crippen molar-refractivity contribution in [2.24, 2.45) is 11.8 Å². The number of hydrogen-bond donors (Lipinski definition) is 2. The van der Waals surface area contributed by atoms with E-state index in [1.165, 1.54) is 0 Å². The van der Waals surface area contributed by atoms with Crippen molar-refractivity contribution in [3.63, 3.8) is 0 Å². The van der Waals surface area contributed by atoms with Gasteiger partial charge in [0, 0.05) is 12.5 Å². The smallest absolute Gasteiger partial charge is 0.308 e. The molecule has 0 spiro atoms. The third kappa shape index (κ3) is 3.27. The minimum Gasteiger partial charge on any atom is -0.481 e. The highest BCUT2D eigenvalue weighted by molar-refractivity contribution is 5.86. The van der Waals surface area contributed by atoms with Crippen LogP contribution < -0.4 is 5.32 Å². The highest BCUT2D eigenvalue weighted by Crippen LogP contribution is 2.29. The molecule has 1 saturated carbocycles. The fraction of sp³-hybridized carbons (Fsp3) is 0.333. The van der Waals surface area contributed by atoms with Gasteiger partial charge in [-0.1, -0.05) is 42.5 Å². The first-order chi connectivity index (χ1) is 10.6. The van der Waals surface area contributed by atoms with Crippen molar-refractivity contribution in [3.05, 3.63) is 48.0 Å². The Kier molecular flexibility index (Phi) is 4.09. The van der Waals surface area contributed by atoms with Gasteiger partial charge in [0.15, 0.2) is 0 Å². The first-order valence-electron chi connectivity index (χ1n) is 7.62. The minimum absolute atomic E-state index is 0.0100. The van der Waals surface area contributed by atoms with Crippen molar-refractivity contribution in [3.8, 4) is 0 Å². The van der Waals surface area contributed by atoms with Crippen LogP contribution >= 0.6 is 0 Å². The number of nitrogens with one attached hydrogen (secondary N) is 1. The Hall–Kier alpha value is -2.36. The summed E-state index contributed by atoms with van der Waals surface area (Å²) < 4.78 is 0. The second-order valence-electron chi connectivity index (χ2n) is 5.90. The number of carbonyl (C=O) groups is 2. The Morgan fingerprint density at radius 1 is 1.14 bits per heavy atom. The Balaban J connectivity index is 1.74. The van der Waals surface area contributed by atoms with E-state index in [-0.39, 0.29) is 18.4 Å². The first-order valence-corrected chi connectivity index (χ1v) is 7.62. The van der Waals surface area contributed by atoms with Crippen LogP contribution in [-0.4, -0.2) is 23.5 Å². The number of aliphatic carboxylic acids is 1. The van der Waals surface area contributed by atoms with Gasteiger partial charge in [-0.05, 0) is 35.6 Å². The molecule has 1 atom stereocenters. The summed E-state index contributed by atoms with van der Waals surface area (Å²) in [7, 11) is 0. The monoisotopic (exact) mass is 297 g/mol. The van der Waals surface area contributed by atoms with Gasteiger partial charge in [-0.3, -0.25) is 9.59 Å². The predicted octanol–water partition coefficient (Wildman–Crippen LogP) is 2.61. The van der Waals surface area contributed by atoms with E-state index in [9.17, 15) is 14.7 Å².